The number of benzene rings is 1. The molecule has 1 aromatic rings. The van der Waals surface area contributed by atoms with Crippen LogP contribution in [0.2, 0.25) is 0 Å². The second kappa shape index (κ2) is 3.81. The molecule has 0 aromatic heterocycles. The maximum atomic E-state index is 13.4. The number of halogens is 1. The fraction of sp³-hybridized carbons (Fsp3) is 0.500. The van der Waals surface area contributed by atoms with Gasteiger partial charge in [-0.3, -0.25) is 0 Å². The van der Waals surface area contributed by atoms with Crippen molar-refractivity contribution in [2.24, 2.45) is 11.7 Å². The number of hydrogen-bond donors (Lipinski definition) is 1. The van der Waals surface area contributed by atoms with E-state index in [1.807, 2.05) is 0 Å². The predicted octanol–water partition coefficient (Wildman–Crippen LogP) is 2.20. The summed E-state index contributed by atoms with van der Waals surface area (Å²) < 4.78 is 18.7. The van der Waals surface area contributed by atoms with Crippen LogP contribution in [-0.2, 0) is 0 Å². The van der Waals surface area contributed by atoms with Gasteiger partial charge in [0.25, 0.3) is 0 Å². The summed E-state index contributed by atoms with van der Waals surface area (Å²) >= 11 is 0. The summed E-state index contributed by atoms with van der Waals surface area (Å²) in [5.74, 6) is 1.52. The van der Waals surface area contributed by atoms with E-state index in [-0.39, 0.29) is 5.82 Å². The van der Waals surface area contributed by atoms with Gasteiger partial charge in [-0.05, 0) is 49.4 Å². The van der Waals surface area contributed by atoms with Crippen LogP contribution < -0.4 is 10.5 Å². The number of aryl methyl sites for hydroxylation is 1. The van der Waals surface area contributed by atoms with Crippen molar-refractivity contribution in [1.29, 1.82) is 0 Å². The lowest BCUT2D eigenvalue weighted by atomic mass is 10.0. The zero-order valence-corrected chi connectivity index (χ0v) is 9.09. The van der Waals surface area contributed by atoms with Gasteiger partial charge in [-0.2, -0.15) is 0 Å². The third-order valence-corrected chi connectivity index (χ3v) is 3.14. The first-order valence-corrected chi connectivity index (χ1v) is 5.21. The van der Waals surface area contributed by atoms with Crippen molar-refractivity contribution in [3.05, 3.63) is 29.1 Å². The minimum atomic E-state index is -0.159. The van der Waals surface area contributed by atoms with Gasteiger partial charge in [-0.15, -0.1) is 0 Å². The first-order valence-electron chi connectivity index (χ1n) is 5.21. The summed E-state index contributed by atoms with van der Waals surface area (Å²) in [5, 5.41) is 0. The monoisotopic (exact) mass is 209 g/mol. The quantitative estimate of drug-likeness (QED) is 0.828. The van der Waals surface area contributed by atoms with Gasteiger partial charge in [-0.1, -0.05) is 0 Å². The Labute approximate surface area is 89.2 Å². The molecular weight excluding hydrogens is 193 g/mol. The molecule has 82 valence electrons. The Morgan fingerprint density at radius 2 is 2.27 bits per heavy atom. The molecule has 1 aliphatic carbocycles. The van der Waals surface area contributed by atoms with Crippen LogP contribution >= 0.6 is 0 Å². The Bertz CT molecular complexity index is 378. The summed E-state index contributed by atoms with van der Waals surface area (Å²) in [6, 6.07) is 3.35. The van der Waals surface area contributed by atoms with E-state index < -0.39 is 0 Å². The maximum absolute atomic E-state index is 13.4. The summed E-state index contributed by atoms with van der Waals surface area (Å²) in [5.41, 5.74) is 7.18. The third-order valence-electron chi connectivity index (χ3n) is 3.14. The molecule has 1 saturated carbocycles. The van der Waals surface area contributed by atoms with E-state index in [0.717, 1.165) is 17.7 Å². The first kappa shape index (κ1) is 10.4. The molecule has 0 saturated heterocycles. The molecule has 0 aliphatic heterocycles. The van der Waals surface area contributed by atoms with Crippen LogP contribution in [0.5, 0.6) is 5.75 Å². The molecule has 3 heteroatoms. The Balaban J connectivity index is 2.34. The Hall–Kier alpha value is -1.09. The van der Waals surface area contributed by atoms with Crippen LogP contribution in [0, 0.1) is 18.7 Å². The van der Waals surface area contributed by atoms with E-state index >= 15 is 0 Å². The van der Waals surface area contributed by atoms with Crippen LogP contribution in [0.4, 0.5) is 4.39 Å². The lowest BCUT2D eigenvalue weighted by Crippen LogP contribution is -2.03. The molecule has 1 aliphatic rings. The highest BCUT2D eigenvalue weighted by atomic mass is 19.1. The molecule has 2 nitrogen and oxygen atoms in total. The summed E-state index contributed by atoms with van der Waals surface area (Å²) in [6.07, 6.45) is 1.05. The largest absolute Gasteiger partial charge is 0.496 e. The standard InChI is InChI=1S/C12H16FNO/c1-7-3-12(15-2)10(5-11(7)13)9-4-8(9)6-14/h3,5,8-9H,4,6,14H2,1-2H3. The van der Waals surface area contributed by atoms with Gasteiger partial charge in [-0.25, -0.2) is 4.39 Å². The van der Waals surface area contributed by atoms with E-state index in [4.69, 9.17) is 10.5 Å². The fourth-order valence-corrected chi connectivity index (χ4v) is 2.03. The number of methoxy groups -OCH3 is 1. The highest BCUT2D eigenvalue weighted by Gasteiger charge is 2.39. The highest BCUT2D eigenvalue weighted by molar-refractivity contribution is 5.43. The van der Waals surface area contributed by atoms with Crippen molar-refractivity contribution >= 4 is 0 Å². The van der Waals surface area contributed by atoms with Gasteiger partial charge >= 0.3 is 0 Å². The van der Waals surface area contributed by atoms with Gasteiger partial charge in [0.05, 0.1) is 7.11 Å². The van der Waals surface area contributed by atoms with E-state index in [1.54, 1.807) is 26.2 Å². The van der Waals surface area contributed by atoms with Crippen molar-refractivity contribution in [3.8, 4) is 5.75 Å². The molecule has 0 heterocycles. The molecule has 1 fully saturated rings. The summed E-state index contributed by atoms with van der Waals surface area (Å²) in [4.78, 5) is 0. The van der Waals surface area contributed by atoms with Crippen LogP contribution in [0.15, 0.2) is 12.1 Å². The molecule has 0 amide bonds. The number of ether oxygens (including phenoxy) is 1. The molecule has 2 N–H and O–H groups in total. The second-order valence-electron chi connectivity index (χ2n) is 4.18. The van der Waals surface area contributed by atoms with Crippen LogP contribution in [0.25, 0.3) is 0 Å². The number of rotatable bonds is 3. The Morgan fingerprint density at radius 3 is 2.80 bits per heavy atom. The van der Waals surface area contributed by atoms with Gasteiger partial charge in [0.2, 0.25) is 0 Å². The van der Waals surface area contributed by atoms with E-state index in [0.29, 0.717) is 23.9 Å². The van der Waals surface area contributed by atoms with Crippen molar-refractivity contribution in [1.82, 2.24) is 0 Å². The molecule has 15 heavy (non-hydrogen) atoms. The Morgan fingerprint density at radius 1 is 1.53 bits per heavy atom. The van der Waals surface area contributed by atoms with Gasteiger partial charge in [0.1, 0.15) is 11.6 Å². The van der Waals surface area contributed by atoms with Crippen molar-refractivity contribution < 1.29 is 9.13 Å². The fourth-order valence-electron chi connectivity index (χ4n) is 2.03. The molecule has 0 radical (unpaired) electrons. The molecule has 2 atom stereocenters. The molecule has 0 spiro atoms. The predicted molar refractivity (Wildman–Crippen MR) is 57.6 cm³/mol. The number of hydrogen-bond acceptors (Lipinski definition) is 2. The third kappa shape index (κ3) is 1.84. The maximum Gasteiger partial charge on any atom is 0.126 e. The van der Waals surface area contributed by atoms with Crippen molar-refractivity contribution in [2.45, 2.75) is 19.3 Å². The van der Waals surface area contributed by atoms with Gasteiger partial charge < -0.3 is 10.5 Å². The summed E-state index contributed by atoms with van der Waals surface area (Å²) in [7, 11) is 1.62. The highest BCUT2D eigenvalue weighted by Crippen LogP contribution is 2.50. The first-order chi connectivity index (χ1) is 7.17. The molecular formula is C12H16FNO. The second-order valence-corrected chi connectivity index (χ2v) is 4.18. The molecule has 2 rings (SSSR count). The lowest BCUT2D eigenvalue weighted by molar-refractivity contribution is 0.407. The van der Waals surface area contributed by atoms with E-state index in [2.05, 4.69) is 0 Å². The van der Waals surface area contributed by atoms with Gasteiger partial charge in [0.15, 0.2) is 0 Å². The van der Waals surface area contributed by atoms with Crippen LogP contribution in [0.3, 0.4) is 0 Å². The smallest absolute Gasteiger partial charge is 0.126 e. The number of nitrogens with two attached hydrogens (primary N) is 1. The van der Waals surface area contributed by atoms with Gasteiger partial charge in [0, 0.05) is 5.56 Å². The SMILES string of the molecule is COc1cc(C)c(F)cc1C1CC1CN. The molecule has 0 bridgehead atoms. The molecule has 1 aromatic carbocycles. The van der Waals surface area contributed by atoms with Crippen LogP contribution in [0.1, 0.15) is 23.5 Å². The van der Waals surface area contributed by atoms with Crippen molar-refractivity contribution in [2.75, 3.05) is 13.7 Å². The lowest BCUT2D eigenvalue weighted by Gasteiger charge is -2.09. The molecule has 2 unspecified atom stereocenters. The average molecular weight is 209 g/mol. The minimum Gasteiger partial charge on any atom is -0.496 e. The normalized spacial score (nSPS) is 24.0. The Kier molecular flexibility index (Phi) is 2.65. The van der Waals surface area contributed by atoms with Crippen LogP contribution in [-0.4, -0.2) is 13.7 Å². The van der Waals surface area contributed by atoms with E-state index in [9.17, 15) is 4.39 Å². The van der Waals surface area contributed by atoms with Crippen molar-refractivity contribution in [3.63, 3.8) is 0 Å². The zero-order chi connectivity index (χ0) is 11.0. The minimum absolute atomic E-state index is 0.159. The average Bonchev–Trinajstić information content (AvgIpc) is 3.00. The van der Waals surface area contributed by atoms with E-state index in [1.165, 1.54) is 0 Å². The summed E-state index contributed by atoms with van der Waals surface area (Å²) in [6.45, 7) is 2.41. The zero-order valence-electron chi connectivity index (χ0n) is 9.09. The topological polar surface area (TPSA) is 35.2 Å².